The molecule has 0 saturated heterocycles. The Balaban J connectivity index is 2.66. The average Bonchev–Trinajstić information content (AvgIpc) is 2.46. The Bertz CT molecular complexity index is 525. The second-order valence-corrected chi connectivity index (χ2v) is 4.13. The highest BCUT2D eigenvalue weighted by molar-refractivity contribution is 5.85. The van der Waals surface area contributed by atoms with Crippen LogP contribution in [0.1, 0.15) is 18.9 Å². The lowest BCUT2D eigenvalue weighted by molar-refractivity contribution is -0.131. The molecule has 0 fully saturated rings. The SMILES string of the molecule is CCNC(=O)CCOc1ccc(C=CC(=O)O)cc1OC. The van der Waals surface area contributed by atoms with Gasteiger partial charge in [-0.05, 0) is 30.7 Å². The Labute approximate surface area is 123 Å². The topological polar surface area (TPSA) is 84.9 Å². The van der Waals surface area contributed by atoms with Gasteiger partial charge in [0.05, 0.1) is 20.1 Å². The van der Waals surface area contributed by atoms with E-state index in [9.17, 15) is 9.59 Å². The number of amides is 1. The van der Waals surface area contributed by atoms with Gasteiger partial charge in [-0.15, -0.1) is 0 Å². The molecule has 6 nitrogen and oxygen atoms in total. The number of carbonyl (C=O) groups excluding carboxylic acids is 1. The molecule has 0 aliphatic heterocycles. The summed E-state index contributed by atoms with van der Waals surface area (Å²) in [6, 6.07) is 5.06. The van der Waals surface area contributed by atoms with E-state index in [0.29, 0.717) is 23.6 Å². The van der Waals surface area contributed by atoms with Gasteiger partial charge in [-0.2, -0.15) is 0 Å². The van der Waals surface area contributed by atoms with E-state index in [1.807, 2.05) is 6.92 Å². The summed E-state index contributed by atoms with van der Waals surface area (Å²) >= 11 is 0. The van der Waals surface area contributed by atoms with Crippen LogP contribution in [0.15, 0.2) is 24.3 Å². The van der Waals surface area contributed by atoms with Crippen LogP contribution in [0.5, 0.6) is 11.5 Å². The zero-order valence-corrected chi connectivity index (χ0v) is 12.1. The zero-order valence-electron chi connectivity index (χ0n) is 12.1. The first kappa shape index (κ1) is 16.6. The number of nitrogens with one attached hydrogen (secondary N) is 1. The van der Waals surface area contributed by atoms with E-state index in [2.05, 4.69) is 5.32 Å². The number of carboxylic acids is 1. The van der Waals surface area contributed by atoms with Crippen LogP contribution in [-0.2, 0) is 9.59 Å². The highest BCUT2D eigenvalue weighted by Gasteiger charge is 2.06. The fourth-order valence-corrected chi connectivity index (χ4v) is 1.61. The number of hydrogen-bond donors (Lipinski definition) is 2. The van der Waals surface area contributed by atoms with Crippen LogP contribution in [-0.4, -0.2) is 37.2 Å². The molecule has 0 aliphatic carbocycles. The molecular formula is C15H19NO5. The van der Waals surface area contributed by atoms with Crippen LogP contribution in [0.3, 0.4) is 0 Å². The van der Waals surface area contributed by atoms with Crippen molar-refractivity contribution in [1.29, 1.82) is 0 Å². The standard InChI is InChI=1S/C15H19NO5/c1-3-16-14(17)8-9-21-12-6-4-11(5-7-15(18)19)10-13(12)20-2/h4-7,10H,3,8-9H2,1-2H3,(H,16,17)(H,18,19). The first-order valence-electron chi connectivity index (χ1n) is 6.55. The minimum Gasteiger partial charge on any atom is -0.493 e. The lowest BCUT2D eigenvalue weighted by Crippen LogP contribution is -2.24. The van der Waals surface area contributed by atoms with E-state index in [0.717, 1.165) is 6.08 Å². The summed E-state index contributed by atoms with van der Waals surface area (Å²) in [6.07, 6.45) is 2.77. The molecule has 1 rings (SSSR count). The van der Waals surface area contributed by atoms with Crippen molar-refractivity contribution in [2.75, 3.05) is 20.3 Å². The molecule has 21 heavy (non-hydrogen) atoms. The van der Waals surface area contributed by atoms with Crippen LogP contribution in [0.25, 0.3) is 6.08 Å². The monoisotopic (exact) mass is 293 g/mol. The van der Waals surface area contributed by atoms with E-state index in [1.165, 1.54) is 13.2 Å². The van der Waals surface area contributed by atoms with Crippen molar-refractivity contribution in [3.8, 4) is 11.5 Å². The largest absolute Gasteiger partial charge is 0.493 e. The van der Waals surface area contributed by atoms with E-state index < -0.39 is 5.97 Å². The first-order chi connectivity index (χ1) is 10.1. The van der Waals surface area contributed by atoms with Crippen molar-refractivity contribution >= 4 is 18.0 Å². The molecule has 0 aliphatic rings. The normalized spacial score (nSPS) is 10.4. The first-order valence-corrected chi connectivity index (χ1v) is 6.55. The second-order valence-electron chi connectivity index (χ2n) is 4.13. The summed E-state index contributed by atoms with van der Waals surface area (Å²) in [6.45, 7) is 2.68. The van der Waals surface area contributed by atoms with E-state index in [-0.39, 0.29) is 18.9 Å². The van der Waals surface area contributed by atoms with E-state index >= 15 is 0 Å². The highest BCUT2D eigenvalue weighted by Crippen LogP contribution is 2.28. The molecule has 0 spiro atoms. The number of benzene rings is 1. The van der Waals surface area contributed by atoms with Gasteiger partial charge in [0.15, 0.2) is 11.5 Å². The number of aliphatic carboxylic acids is 1. The van der Waals surface area contributed by atoms with Gasteiger partial charge >= 0.3 is 5.97 Å². The van der Waals surface area contributed by atoms with E-state index in [1.54, 1.807) is 18.2 Å². The molecular weight excluding hydrogens is 274 g/mol. The number of hydrogen-bond acceptors (Lipinski definition) is 4. The van der Waals surface area contributed by atoms with Gasteiger partial charge < -0.3 is 19.9 Å². The summed E-state index contributed by atoms with van der Waals surface area (Å²) in [5.74, 6) is -0.0959. The van der Waals surface area contributed by atoms with Gasteiger partial charge in [0.2, 0.25) is 5.91 Å². The fourth-order valence-electron chi connectivity index (χ4n) is 1.61. The van der Waals surface area contributed by atoms with Crippen LogP contribution in [0.4, 0.5) is 0 Å². The molecule has 1 amide bonds. The summed E-state index contributed by atoms with van der Waals surface area (Å²) in [7, 11) is 1.50. The molecule has 0 saturated carbocycles. The third-order valence-corrected chi connectivity index (χ3v) is 2.57. The Hall–Kier alpha value is -2.50. The zero-order chi connectivity index (χ0) is 15.7. The highest BCUT2D eigenvalue weighted by atomic mass is 16.5. The molecule has 1 aromatic rings. The number of carbonyl (C=O) groups is 2. The molecule has 0 radical (unpaired) electrons. The summed E-state index contributed by atoms with van der Waals surface area (Å²) in [5, 5.41) is 11.3. The number of ether oxygens (including phenoxy) is 2. The van der Waals surface area contributed by atoms with Gasteiger partial charge in [-0.3, -0.25) is 4.79 Å². The summed E-state index contributed by atoms with van der Waals surface area (Å²) in [4.78, 5) is 21.8. The van der Waals surface area contributed by atoms with E-state index in [4.69, 9.17) is 14.6 Å². The van der Waals surface area contributed by atoms with Gasteiger partial charge in [-0.25, -0.2) is 4.79 Å². The fraction of sp³-hybridized carbons (Fsp3) is 0.333. The predicted octanol–water partition coefficient (Wildman–Crippen LogP) is 1.70. The molecule has 0 unspecified atom stereocenters. The molecule has 114 valence electrons. The summed E-state index contributed by atoms with van der Waals surface area (Å²) < 4.78 is 10.7. The Kier molecular flexibility index (Phi) is 6.80. The van der Waals surface area contributed by atoms with Gasteiger partial charge in [-0.1, -0.05) is 6.07 Å². The van der Waals surface area contributed by atoms with Crippen LogP contribution >= 0.6 is 0 Å². The maximum Gasteiger partial charge on any atom is 0.328 e. The molecule has 2 N–H and O–H groups in total. The maximum absolute atomic E-state index is 11.3. The third-order valence-electron chi connectivity index (χ3n) is 2.57. The average molecular weight is 293 g/mol. The van der Waals surface area contributed by atoms with Crippen molar-refractivity contribution in [1.82, 2.24) is 5.32 Å². The van der Waals surface area contributed by atoms with Gasteiger partial charge in [0, 0.05) is 12.6 Å². The van der Waals surface area contributed by atoms with Crippen molar-refractivity contribution in [3.05, 3.63) is 29.8 Å². The maximum atomic E-state index is 11.3. The Morgan fingerprint density at radius 2 is 2.10 bits per heavy atom. The Morgan fingerprint density at radius 1 is 1.33 bits per heavy atom. The molecule has 0 bridgehead atoms. The number of methoxy groups -OCH3 is 1. The minimum absolute atomic E-state index is 0.0718. The van der Waals surface area contributed by atoms with Gasteiger partial charge in [0.1, 0.15) is 0 Å². The summed E-state index contributed by atoms with van der Waals surface area (Å²) in [5.41, 5.74) is 0.685. The van der Waals surface area contributed by atoms with Crippen LogP contribution < -0.4 is 14.8 Å². The van der Waals surface area contributed by atoms with Crippen molar-refractivity contribution in [3.63, 3.8) is 0 Å². The molecule has 0 aromatic heterocycles. The predicted molar refractivity (Wildman–Crippen MR) is 78.5 cm³/mol. The lowest BCUT2D eigenvalue weighted by atomic mass is 10.2. The molecule has 0 heterocycles. The second kappa shape index (κ2) is 8.63. The van der Waals surface area contributed by atoms with Crippen molar-refractivity contribution < 1.29 is 24.2 Å². The molecule has 1 aromatic carbocycles. The minimum atomic E-state index is -1.02. The van der Waals surface area contributed by atoms with Gasteiger partial charge in [0.25, 0.3) is 0 Å². The number of rotatable bonds is 8. The Morgan fingerprint density at radius 3 is 2.71 bits per heavy atom. The van der Waals surface area contributed by atoms with Crippen molar-refractivity contribution in [2.24, 2.45) is 0 Å². The van der Waals surface area contributed by atoms with Crippen LogP contribution in [0, 0.1) is 0 Å². The smallest absolute Gasteiger partial charge is 0.328 e. The van der Waals surface area contributed by atoms with Crippen molar-refractivity contribution in [2.45, 2.75) is 13.3 Å². The molecule has 6 heteroatoms. The lowest BCUT2D eigenvalue weighted by Gasteiger charge is -2.11. The quantitative estimate of drug-likeness (QED) is 0.713. The van der Waals surface area contributed by atoms with Crippen LogP contribution in [0.2, 0.25) is 0 Å². The molecule has 0 atom stereocenters. The number of carboxylic acid groups (broad SMARTS) is 1. The third kappa shape index (κ3) is 5.99.